The molecule has 0 aromatic rings. The average Bonchev–Trinajstić information content (AvgIpc) is 2.32. The number of carbonyl (C=O) groups is 1. The smallest absolute Gasteiger partial charge is 0.221 e. The number of hydrogen-bond acceptors (Lipinski definition) is 2. The summed E-state index contributed by atoms with van der Waals surface area (Å²) in [5, 5.41) is 6.35. The Morgan fingerprint density at radius 1 is 1.11 bits per heavy atom. The first-order valence-electron chi connectivity index (χ1n) is 7.56. The standard InChI is InChI=1S/C15H32N2O/c1-5-6-7-8-9-14(4)16-11-10-15(18)17-12-13(2)3/h13-14,16H,5-12H2,1-4H3,(H,17,18). The molecule has 0 aliphatic rings. The number of rotatable bonds is 11. The Bertz CT molecular complexity index is 205. The van der Waals surface area contributed by atoms with Crippen LogP contribution < -0.4 is 10.6 Å². The van der Waals surface area contributed by atoms with Gasteiger partial charge in [-0.05, 0) is 19.3 Å². The molecule has 18 heavy (non-hydrogen) atoms. The zero-order valence-corrected chi connectivity index (χ0v) is 12.7. The number of nitrogens with one attached hydrogen (secondary N) is 2. The summed E-state index contributed by atoms with van der Waals surface area (Å²) >= 11 is 0. The molecule has 3 nitrogen and oxygen atoms in total. The summed E-state index contributed by atoms with van der Waals surface area (Å²) in [6, 6.07) is 0.528. The van der Waals surface area contributed by atoms with E-state index in [0.717, 1.165) is 13.1 Å². The van der Waals surface area contributed by atoms with Crippen LogP contribution >= 0.6 is 0 Å². The molecule has 2 N–H and O–H groups in total. The molecule has 0 spiro atoms. The number of amides is 1. The third-order valence-electron chi connectivity index (χ3n) is 3.04. The fraction of sp³-hybridized carbons (Fsp3) is 0.933. The van der Waals surface area contributed by atoms with Crippen molar-refractivity contribution in [3.05, 3.63) is 0 Å². The molecule has 0 saturated heterocycles. The molecule has 0 radical (unpaired) electrons. The number of unbranched alkanes of at least 4 members (excludes halogenated alkanes) is 3. The molecule has 0 aromatic heterocycles. The second-order valence-corrected chi connectivity index (χ2v) is 5.65. The average molecular weight is 256 g/mol. The van der Waals surface area contributed by atoms with Gasteiger partial charge in [-0.3, -0.25) is 4.79 Å². The van der Waals surface area contributed by atoms with Crippen LogP contribution in [-0.4, -0.2) is 25.0 Å². The van der Waals surface area contributed by atoms with E-state index in [4.69, 9.17) is 0 Å². The molecular formula is C15H32N2O. The van der Waals surface area contributed by atoms with Crippen LogP contribution in [0.5, 0.6) is 0 Å². The van der Waals surface area contributed by atoms with Crippen molar-refractivity contribution < 1.29 is 4.79 Å². The van der Waals surface area contributed by atoms with Crippen molar-refractivity contribution in [3.8, 4) is 0 Å². The van der Waals surface area contributed by atoms with Gasteiger partial charge in [0.1, 0.15) is 0 Å². The Balaban J connectivity index is 3.38. The molecule has 1 unspecified atom stereocenters. The monoisotopic (exact) mass is 256 g/mol. The van der Waals surface area contributed by atoms with E-state index in [1.54, 1.807) is 0 Å². The highest BCUT2D eigenvalue weighted by Crippen LogP contribution is 2.05. The summed E-state index contributed by atoms with van der Waals surface area (Å²) in [4.78, 5) is 11.5. The van der Waals surface area contributed by atoms with Crippen LogP contribution in [0.3, 0.4) is 0 Å². The van der Waals surface area contributed by atoms with Crippen LogP contribution in [0.2, 0.25) is 0 Å². The lowest BCUT2D eigenvalue weighted by Crippen LogP contribution is -2.33. The first-order chi connectivity index (χ1) is 8.56. The molecule has 1 atom stereocenters. The summed E-state index contributed by atoms with van der Waals surface area (Å²) in [5.74, 6) is 0.689. The van der Waals surface area contributed by atoms with E-state index in [1.807, 2.05) is 0 Å². The van der Waals surface area contributed by atoms with E-state index >= 15 is 0 Å². The van der Waals surface area contributed by atoms with E-state index in [0.29, 0.717) is 18.4 Å². The largest absolute Gasteiger partial charge is 0.356 e. The van der Waals surface area contributed by atoms with E-state index in [2.05, 4.69) is 38.3 Å². The Kier molecular flexibility index (Phi) is 11.2. The minimum Gasteiger partial charge on any atom is -0.356 e. The van der Waals surface area contributed by atoms with Gasteiger partial charge in [0.2, 0.25) is 5.91 Å². The minimum atomic E-state index is 0.161. The molecule has 108 valence electrons. The summed E-state index contributed by atoms with van der Waals surface area (Å²) in [7, 11) is 0. The van der Waals surface area contributed by atoms with Gasteiger partial charge >= 0.3 is 0 Å². The molecule has 1 amide bonds. The zero-order chi connectivity index (χ0) is 13.8. The molecule has 0 rings (SSSR count). The molecule has 3 heteroatoms. The molecule has 0 saturated carbocycles. The fourth-order valence-corrected chi connectivity index (χ4v) is 1.82. The topological polar surface area (TPSA) is 41.1 Å². The second-order valence-electron chi connectivity index (χ2n) is 5.65. The highest BCUT2D eigenvalue weighted by atomic mass is 16.1. The van der Waals surface area contributed by atoms with Crippen molar-refractivity contribution in [2.45, 2.75) is 72.3 Å². The normalized spacial score (nSPS) is 12.7. The van der Waals surface area contributed by atoms with Crippen LogP contribution in [-0.2, 0) is 4.79 Å². The van der Waals surface area contributed by atoms with Crippen molar-refractivity contribution in [2.24, 2.45) is 5.92 Å². The van der Waals surface area contributed by atoms with Crippen molar-refractivity contribution >= 4 is 5.91 Å². The molecule has 0 fully saturated rings. The van der Waals surface area contributed by atoms with E-state index < -0.39 is 0 Å². The van der Waals surface area contributed by atoms with Crippen molar-refractivity contribution in [2.75, 3.05) is 13.1 Å². The molecule has 0 bridgehead atoms. The Morgan fingerprint density at radius 2 is 1.83 bits per heavy atom. The lowest BCUT2D eigenvalue weighted by molar-refractivity contribution is -0.121. The molecular weight excluding hydrogens is 224 g/mol. The maximum Gasteiger partial charge on any atom is 0.221 e. The lowest BCUT2D eigenvalue weighted by atomic mass is 10.1. The molecule has 0 aromatic carbocycles. The van der Waals surface area contributed by atoms with Gasteiger partial charge in [0.15, 0.2) is 0 Å². The Hall–Kier alpha value is -0.570. The van der Waals surface area contributed by atoms with Gasteiger partial charge in [0, 0.05) is 25.6 Å². The minimum absolute atomic E-state index is 0.161. The van der Waals surface area contributed by atoms with Gasteiger partial charge in [-0.15, -0.1) is 0 Å². The second kappa shape index (κ2) is 11.5. The van der Waals surface area contributed by atoms with Crippen molar-refractivity contribution in [1.82, 2.24) is 10.6 Å². The first kappa shape index (κ1) is 17.4. The van der Waals surface area contributed by atoms with Gasteiger partial charge in [-0.1, -0.05) is 46.5 Å². The SMILES string of the molecule is CCCCCCC(C)NCCC(=O)NCC(C)C. The molecule has 0 aliphatic carbocycles. The highest BCUT2D eigenvalue weighted by Gasteiger charge is 2.04. The Labute approximate surface area is 113 Å². The number of hydrogen-bond donors (Lipinski definition) is 2. The maximum atomic E-state index is 11.5. The van der Waals surface area contributed by atoms with Crippen LogP contribution in [0.4, 0.5) is 0 Å². The number of carbonyl (C=O) groups excluding carboxylic acids is 1. The van der Waals surface area contributed by atoms with E-state index in [-0.39, 0.29) is 5.91 Å². The summed E-state index contributed by atoms with van der Waals surface area (Å²) in [6.07, 6.45) is 7.06. The summed E-state index contributed by atoms with van der Waals surface area (Å²) < 4.78 is 0. The van der Waals surface area contributed by atoms with Crippen LogP contribution in [0.25, 0.3) is 0 Å². The van der Waals surface area contributed by atoms with Gasteiger partial charge in [0.05, 0.1) is 0 Å². The van der Waals surface area contributed by atoms with Gasteiger partial charge in [-0.2, -0.15) is 0 Å². The highest BCUT2D eigenvalue weighted by molar-refractivity contribution is 5.76. The third kappa shape index (κ3) is 11.9. The van der Waals surface area contributed by atoms with Gasteiger partial charge < -0.3 is 10.6 Å². The predicted molar refractivity (Wildman–Crippen MR) is 78.7 cm³/mol. The fourth-order valence-electron chi connectivity index (χ4n) is 1.82. The van der Waals surface area contributed by atoms with Crippen LogP contribution in [0.15, 0.2) is 0 Å². The predicted octanol–water partition coefficient (Wildman–Crippen LogP) is 3.10. The molecule has 0 heterocycles. The quantitative estimate of drug-likeness (QED) is 0.558. The van der Waals surface area contributed by atoms with Gasteiger partial charge in [-0.25, -0.2) is 0 Å². The van der Waals surface area contributed by atoms with Crippen LogP contribution in [0, 0.1) is 5.92 Å². The third-order valence-corrected chi connectivity index (χ3v) is 3.04. The van der Waals surface area contributed by atoms with Crippen molar-refractivity contribution in [3.63, 3.8) is 0 Å². The molecule has 0 aliphatic heterocycles. The maximum absolute atomic E-state index is 11.5. The Morgan fingerprint density at radius 3 is 2.44 bits per heavy atom. The van der Waals surface area contributed by atoms with Crippen molar-refractivity contribution in [1.29, 1.82) is 0 Å². The first-order valence-corrected chi connectivity index (χ1v) is 7.56. The lowest BCUT2D eigenvalue weighted by Gasteiger charge is -2.13. The summed E-state index contributed by atoms with van der Waals surface area (Å²) in [6.45, 7) is 10.2. The van der Waals surface area contributed by atoms with Gasteiger partial charge in [0.25, 0.3) is 0 Å². The zero-order valence-electron chi connectivity index (χ0n) is 12.7. The van der Waals surface area contributed by atoms with E-state index in [9.17, 15) is 4.79 Å². The summed E-state index contributed by atoms with van der Waals surface area (Å²) in [5.41, 5.74) is 0. The van der Waals surface area contributed by atoms with E-state index in [1.165, 1.54) is 32.1 Å². The van der Waals surface area contributed by atoms with Crippen LogP contribution in [0.1, 0.15) is 66.2 Å².